The third-order valence-corrected chi connectivity index (χ3v) is 1.87. The summed E-state index contributed by atoms with van der Waals surface area (Å²) in [5, 5.41) is 0. The van der Waals surface area contributed by atoms with Crippen LogP contribution in [0.1, 0.15) is 5.56 Å². The number of rotatable bonds is 4. The van der Waals surface area contributed by atoms with Gasteiger partial charge >= 0.3 is 10.4 Å². The average Bonchev–Trinajstić information content (AvgIpc) is 2.27. The van der Waals surface area contributed by atoms with E-state index in [0.717, 1.165) is 17.7 Å². The van der Waals surface area contributed by atoms with Gasteiger partial charge in [0.1, 0.15) is 5.75 Å². The van der Waals surface area contributed by atoms with Crippen LogP contribution in [0.15, 0.2) is 29.3 Å². The van der Waals surface area contributed by atoms with Gasteiger partial charge in [0.2, 0.25) is 0 Å². The van der Waals surface area contributed by atoms with E-state index in [1.165, 1.54) is 0 Å². The molecule has 0 spiro atoms. The molecule has 0 bridgehead atoms. The number of methoxy groups -OCH3 is 1. The van der Waals surface area contributed by atoms with Crippen LogP contribution in [0.5, 0.6) is 5.75 Å². The van der Waals surface area contributed by atoms with Crippen molar-refractivity contribution in [3.05, 3.63) is 29.8 Å². The Kier molecular flexibility index (Phi) is 7.49. The van der Waals surface area contributed by atoms with E-state index in [9.17, 15) is 0 Å². The number of aliphatic imine (C=N–C) groups is 1. The highest BCUT2D eigenvalue weighted by Gasteiger charge is 1.99. The smallest absolute Gasteiger partial charge is 0.394 e. The maximum Gasteiger partial charge on any atom is 0.394 e. The minimum Gasteiger partial charge on any atom is -0.496 e. The molecule has 0 saturated carbocycles. The summed E-state index contributed by atoms with van der Waals surface area (Å²) in [5.74, 6) is 0.998. The Balaban J connectivity index is 0.000000555. The molecule has 6 N–H and O–H groups in total. The highest BCUT2D eigenvalue weighted by molar-refractivity contribution is 7.79. The van der Waals surface area contributed by atoms with Gasteiger partial charge in [0.05, 0.1) is 7.11 Å². The molecule has 0 amide bonds. The molecule has 8 nitrogen and oxygen atoms in total. The molecule has 1 aromatic rings. The molecule has 0 saturated heterocycles. The monoisotopic (exact) mass is 291 g/mol. The molecule has 0 unspecified atom stereocenters. The Morgan fingerprint density at radius 1 is 1.32 bits per heavy atom. The fourth-order valence-corrected chi connectivity index (χ4v) is 1.21. The van der Waals surface area contributed by atoms with E-state index in [0.29, 0.717) is 6.54 Å². The van der Waals surface area contributed by atoms with E-state index in [-0.39, 0.29) is 5.96 Å². The molecule has 1 aromatic carbocycles. The lowest BCUT2D eigenvalue weighted by Gasteiger charge is -2.05. The third-order valence-electron chi connectivity index (χ3n) is 1.87. The molecule has 0 aliphatic carbocycles. The number of hydrogen-bond donors (Lipinski definition) is 4. The number of benzene rings is 1. The summed E-state index contributed by atoms with van der Waals surface area (Å²) in [7, 11) is -3.01. The van der Waals surface area contributed by atoms with Gasteiger partial charge in [0.25, 0.3) is 0 Å². The first-order chi connectivity index (χ1) is 8.74. The van der Waals surface area contributed by atoms with Crippen LogP contribution in [0.4, 0.5) is 0 Å². The van der Waals surface area contributed by atoms with Crippen LogP contribution < -0.4 is 16.2 Å². The van der Waals surface area contributed by atoms with Crippen LogP contribution in [0.2, 0.25) is 0 Å². The van der Waals surface area contributed by atoms with Gasteiger partial charge in [-0.15, -0.1) is 0 Å². The molecule has 9 heteroatoms. The van der Waals surface area contributed by atoms with Crippen molar-refractivity contribution in [2.75, 3.05) is 13.7 Å². The first kappa shape index (κ1) is 17.2. The first-order valence-electron chi connectivity index (χ1n) is 5.11. The molecule has 0 radical (unpaired) electrons. The largest absolute Gasteiger partial charge is 0.496 e. The number of hydrogen-bond acceptors (Lipinski definition) is 4. The maximum atomic E-state index is 8.74. The summed E-state index contributed by atoms with van der Waals surface area (Å²) < 4.78 is 36.8. The zero-order valence-electron chi connectivity index (χ0n) is 10.4. The van der Waals surface area contributed by atoms with Gasteiger partial charge < -0.3 is 16.2 Å². The van der Waals surface area contributed by atoms with E-state index in [1.807, 2.05) is 24.3 Å². The Hall–Kier alpha value is -1.84. The predicted octanol–water partition coefficient (Wildman–Crippen LogP) is -0.142. The molecule has 0 fully saturated rings. The number of guanidine groups is 1. The number of nitrogens with two attached hydrogens (primary N) is 2. The van der Waals surface area contributed by atoms with E-state index in [4.69, 9.17) is 33.7 Å². The highest BCUT2D eigenvalue weighted by atomic mass is 32.3. The summed E-state index contributed by atoms with van der Waals surface area (Å²) in [6.45, 7) is 0.586. The molecule has 0 aromatic heterocycles. The SMILES string of the molecule is COc1ccccc1CCN=C(N)N.O=S(=O)(O)O. The van der Waals surface area contributed by atoms with Crippen LogP contribution >= 0.6 is 0 Å². The van der Waals surface area contributed by atoms with Crippen molar-refractivity contribution in [1.82, 2.24) is 0 Å². The van der Waals surface area contributed by atoms with Crippen LogP contribution in [0.3, 0.4) is 0 Å². The van der Waals surface area contributed by atoms with Crippen molar-refractivity contribution in [2.45, 2.75) is 6.42 Å². The van der Waals surface area contributed by atoms with Gasteiger partial charge in [-0.1, -0.05) is 18.2 Å². The second-order valence-electron chi connectivity index (χ2n) is 3.32. The van der Waals surface area contributed by atoms with Gasteiger partial charge in [-0.25, -0.2) is 0 Å². The van der Waals surface area contributed by atoms with Crippen LogP contribution in [0, 0.1) is 0 Å². The van der Waals surface area contributed by atoms with E-state index >= 15 is 0 Å². The van der Waals surface area contributed by atoms with E-state index in [1.54, 1.807) is 7.11 Å². The molecule has 0 heterocycles. The summed E-state index contributed by atoms with van der Waals surface area (Å²) in [6.07, 6.45) is 0.780. The van der Waals surface area contributed by atoms with Crippen molar-refractivity contribution in [3.8, 4) is 5.75 Å². The zero-order chi connectivity index (χ0) is 14.9. The minimum atomic E-state index is -4.67. The van der Waals surface area contributed by atoms with Gasteiger partial charge in [-0.2, -0.15) is 8.42 Å². The van der Waals surface area contributed by atoms with Gasteiger partial charge in [0, 0.05) is 6.54 Å². The van der Waals surface area contributed by atoms with E-state index in [2.05, 4.69) is 4.99 Å². The number of ether oxygens (including phenoxy) is 1. The fraction of sp³-hybridized carbons (Fsp3) is 0.300. The first-order valence-corrected chi connectivity index (χ1v) is 6.51. The van der Waals surface area contributed by atoms with Gasteiger partial charge in [0.15, 0.2) is 5.96 Å². The standard InChI is InChI=1S/C10H15N3O.H2O4S/c1-14-9-5-3-2-4-8(9)6-7-13-10(11)12;1-5(2,3)4/h2-5H,6-7H2,1H3,(H4,11,12,13);(H2,1,2,3,4). The fourth-order valence-electron chi connectivity index (χ4n) is 1.21. The lowest BCUT2D eigenvalue weighted by molar-refractivity contribution is 0.381. The quantitative estimate of drug-likeness (QED) is 0.342. The molecule has 0 aliphatic rings. The minimum absolute atomic E-state index is 0.125. The van der Waals surface area contributed by atoms with E-state index < -0.39 is 10.4 Å². The van der Waals surface area contributed by atoms with Crippen LogP contribution in [-0.4, -0.2) is 37.1 Å². The molecule has 19 heavy (non-hydrogen) atoms. The Morgan fingerprint density at radius 2 is 1.84 bits per heavy atom. The molecule has 0 atom stereocenters. The molecule has 108 valence electrons. The second kappa shape index (κ2) is 8.29. The predicted molar refractivity (Wildman–Crippen MR) is 71.6 cm³/mol. The lowest BCUT2D eigenvalue weighted by Crippen LogP contribution is -2.23. The zero-order valence-corrected chi connectivity index (χ0v) is 11.2. The Labute approximate surface area is 111 Å². The van der Waals surface area contributed by atoms with Crippen molar-refractivity contribution >= 4 is 16.4 Å². The van der Waals surface area contributed by atoms with Crippen molar-refractivity contribution in [3.63, 3.8) is 0 Å². The highest BCUT2D eigenvalue weighted by Crippen LogP contribution is 2.17. The Morgan fingerprint density at radius 3 is 2.32 bits per heavy atom. The molecular weight excluding hydrogens is 274 g/mol. The number of para-hydroxylation sites is 1. The molecule has 0 aliphatic heterocycles. The topological polar surface area (TPSA) is 148 Å². The van der Waals surface area contributed by atoms with Crippen LogP contribution in [-0.2, 0) is 16.8 Å². The second-order valence-corrected chi connectivity index (χ2v) is 4.21. The van der Waals surface area contributed by atoms with Crippen molar-refractivity contribution < 1.29 is 22.3 Å². The summed E-state index contributed by atoms with van der Waals surface area (Å²) in [6, 6.07) is 7.82. The van der Waals surface area contributed by atoms with Crippen molar-refractivity contribution in [2.24, 2.45) is 16.5 Å². The summed E-state index contributed by atoms with van der Waals surface area (Å²) in [5.41, 5.74) is 11.6. The summed E-state index contributed by atoms with van der Waals surface area (Å²) >= 11 is 0. The van der Waals surface area contributed by atoms with Gasteiger partial charge in [-0.05, 0) is 18.1 Å². The number of nitrogens with zero attached hydrogens (tertiary/aromatic N) is 1. The third kappa shape index (κ3) is 11.0. The van der Waals surface area contributed by atoms with Gasteiger partial charge in [-0.3, -0.25) is 14.1 Å². The van der Waals surface area contributed by atoms with Crippen molar-refractivity contribution in [1.29, 1.82) is 0 Å². The normalized spacial score (nSPS) is 10.1. The average molecular weight is 291 g/mol. The Bertz CT molecular complexity index is 504. The maximum absolute atomic E-state index is 8.74. The lowest BCUT2D eigenvalue weighted by atomic mass is 10.1. The van der Waals surface area contributed by atoms with Crippen LogP contribution in [0.25, 0.3) is 0 Å². The molecular formula is C10H17N3O5S. The molecule has 1 rings (SSSR count). The summed E-state index contributed by atoms with van der Waals surface area (Å²) in [4.78, 5) is 3.91.